The summed E-state index contributed by atoms with van der Waals surface area (Å²) in [5, 5.41) is 5.42. The number of hydrogen-bond acceptors (Lipinski definition) is 6. The molecule has 0 saturated carbocycles. The van der Waals surface area contributed by atoms with Crippen molar-refractivity contribution in [3.63, 3.8) is 0 Å². The number of carbonyl (C=O) groups excluding carboxylic acids is 2. The first-order valence-electron chi connectivity index (χ1n) is 9.37. The Balaban J connectivity index is 2.44. The van der Waals surface area contributed by atoms with Crippen molar-refractivity contribution in [2.24, 2.45) is 10.1 Å². The van der Waals surface area contributed by atoms with E-state index in [1.807, 2.05) is 39.0 Å². The van der Waals surface area contributed by atoms with Crippen molar-refractivity contribution in [2.45, 2.75) is 47.6 Å². The van der Waals surface area contributed by atoms with E-state index in [-0.39, 0.29) is 30.0 Å². The maximum Gasteiger partial charge on any atom is 0.361 e. The van der Waals surface area contributed by atoms with Crippen LogP contribution in [0.5, 0.6) is 0 Å². The Morgan fingerprint density at radius 3 is 2.44 bits per heavy atom. The second-order valence-corrected chi connectivity index (χ2v) is 6.52. The average Bonchev–Trinajstić information content (AvgIpc) is 2.95. The molecule has 0 aromatic heterocycles. The highest BCUT2D eigenvalue weighted by molar-refractivity contribution is 6.81. The van der Waals surface area contributed by atoms with Crippen LogP contribution in [0.3, 0.4) is 0 Å². The molecule has 7 nitrogen and oxygen atoms in total. The summed E-state index contributed by atoms with van der Waals surface area (Å²) >= 11 is 0. The number of nitrogens with zero attached hydrogens (tertiary/aromatic N) is 4. The van der Waals surface area contributed by atoms with Crippen molar-refractivity contribution in [1.29, 1.82) is 0 Å². The van der Waals surface area contributed by atoms with Crippen LogP contribution in [0.25, 0.3) is 0 Å². The van der Waals surface area contributed by atoms with E-state index in [2.05, 4.69) is 28.8 Å². The normalized spacial score (nSPS) is 15.5. The first kappa shape index (κ1) is 20.6. The smallest absolute Gasteiger partial charge is 0.361 e. The van der Waals surface area contributed by atoms with Gasteiger partial charge in [0.05, 0.1) is 18.3 Å². The number of amides is 1. The monoisotopic (exact) mass is 372 g/mol. The molecular formula is C20H28N4O3. The highest BCUT2D eigenvalue weighted by Crippen LogP contribution is 2.26. The molecule has 27 heavy (non-hydrogen) atoms. The Hall–Kier alpha value is -2.70. The van der Waals surface area contributed by atoms with E-state index in [4.69, 9.17) is 4.74 Å². The molecule has 0 N–H and O–H groups in total. The van der Waals surface area contributed by atoms with Gasteiger partial charge in [0.1, 0.15) is 0 Å². The molecular weight excluding hydrogens is 344 g/mol. The highest BCUT2D eigenvalue weighted by Gasteiger charge is 2.38. The summed E-state index contributed by atoms with van der Waals surface area (Å²) in [6, 6.07) is 5.69. The van der Waals surface area contributed by atoms with E-state index >= 15 is 0 Å². The van der Waals surface area contributed by atoms with Crippen LogP contribution in [0, 0.1) is 6.92 Å². The molecule has 0 saturated heterocycles. The number of ether oxygens (including phenoxy) is 1. The molecule has 0 bridgehead atoms. The quantitative estimate of drug-likeness (QED) is 0.690. The van der Waals surface area contributed by atoms with Gasteiger partial charge in [-0.15, -0.1) is 0 Å². The standard InChI is InChI=1S/C20H28N4O3/c1-7-23(8-2)15-10-11-16(14(6)12-15)21-17-18(20(26)27-9-3)22-24(13(4)5)19(17)25/h10-13H,7-9H2,1-6H3. The maximum absolute atomic E-state index is 12.7. The molecule has 0 radical (unpaired) electrons. The van der Waals surface area contributed by atoms with Crippen LogP contribution in [0.4, 0.5) is 11.4 Å². The van der Waals surface area contributed by atoms with Crippen LogP contribution >= 0.6 is 0 Å². The maximum atomic E-state index is 12.7. The van der Waals surface area contributed by atoms with Gasteiger partial charge < -0.3 is 9.64 Å². The summed E-state index contributed by atoms with van der Waals surface area (Å²) in [7, 11) is 0. The van der Waals surface area contributed by atoms with Crippen molar-refractivity contribution in [3.8, 4) is 0 Å². The fraction of sp³-hybridized carbons (Fsp3) is 0.500. The molecule has 1 aromatic carbocycles. The third-order valence-corrected chi connectivity index (χ3v) is 4.34. The Bertz CT molecular complexity index is 779. The molecule has 146 valence electrons. The third kappa shape index (κ3) is 4.35. The zero-order valence-electron chi connectivity index (χ0n) is 16.9. The van der Waals surface area contributed by atoms with E-state index in [1.165, 1.54) is 5.01 Å². The number of esters is 1. The second-order valence-electron chi connectivity index (χ2n) is 6.52. The number of aryl methyl sites for hydroxylation is 1. The lowest BCUT2D eigenvalue weighted by Gasteiger charge is -2.21. The van der Waals surface area contributed by atoms with Crippen molar-refractivity contribution in [3.05, 3.63) is 23.8 Å². The number of anilines is 1. The van der Waals surface area contributed by atoms with Gasteiger partial charge in [0, 0.05) is 18.8 Å². The predicted octanol–water partition coefficient (Wildman–Crippen LogP) is 3.08. The number of hydrogen-bond donors (Lipinski definition) is 0. The van der Waals surface area contributed by atoms with Crippen molar-refractivity contribution < 1.29 is 14.3 Å². The minimum atomic E-state index is -0.634. The lowest BCUT2D eigenvalue weighted by atomic mass is 10.1. The largest absolute Gasteiger partial charge is 0.461 e. The molecule has 1 aromatic rings. The molecule has 1 aliphatic rings. The first-order chi connectivity index (χ1) is 12.8. The number of rotatable bonds is 7. The minimum Gasteiger partial charge on any atom is -0.461 e. The fourth-order valence-electron chi connectivity index (χ4n) is 2.87. The molecule has 0 aliphatic carbocycles. The van der Waals surface area contributed by atoms with Crippen LogP contribution < -0.4 is 4.90 Å². The molecule has 2 rings (SSSR count). The van der Waals surface area contributed by atoms with Crippen LogP contribution in [0.15, 0.2) is 28.3 Å². The lowest BCUT2D eigenvalue weighted by molar-refractivity contribution is -0.134. The molecule has 0 spiro atoms. The molecule has 0 atom stereocenters. The van der Waals surface area contributed by atoms with Gasteiger partial charge in [0.2, 0.25) is 0 Å². The fourth-order valence-corrected chi connectivity index (χ4v) is 2.87. The van der Waals surface area contributed by atoms with Gasteiger partial charge >= 0.3 is 5.97 Å². The van der Waals surface area contributed by atoms with E-state index < -0.39 is 5.97 Å². The van der Waals surface area contributed by atoms with Gasteiger partial charge in [-0.25, -0.2) is 14.8 Å². The van der Waals surface area contributed by atoms with Crippen molar-refractivity contribution in [1.82, 2.24) is 5.01 Å². The molecule has 1 heterocycles. The predicted molar refractivity (Wildman–Crippen MR) is 108 cm³/mol. The summed E-state index contributed by atoms with van der Waals surface area (Å²) in [5.41, 5.74) is 2.65. The molecule has 0 unspecified atom stereocenters. The van der Waals surface area contributed by atoms with Gasteiger partial charge in [0.15, 0.2) is 11.4 Å². The summed E-state index contributed by atoms with van der Waals surface area (Å²) in [4.78, 5) is 31.7. The SMILES string of the molecule is CCOC(=O)C1=NN(C(C)C)C(=O)C1=Nc1ccc(N(CC)CC)cc1C. The van der Waals surface area contributed by atoms with Crippen LogP contribution in [-0.4, -0.2) is 54.0 Å². The zero-order valence-corrected chi connectivity index (χ0v) is 16.9. The van der Waals surface area contributed by atoms with E-state index in [9.17, 15) is 9.59 Å². The van der Waals surface area contributed by atoms with Gasteiger partial charge in [-0.1, -0.05) is 0 Å². The first-order valence-corrected chi connectivity index (χ1v) is 9.37. The van der Waals surface area contributed by atoms with Crippen molar-refractivity contribution in [2.75, 3.05) is 24.6 Å². The van der Waals surface area contributed by atoms with E-state index in [0.29, 0.717) is 5.69 Å². The minimum absolute atomic E-state index is 0.0286. The van der Waals surface area contributed by atoms with Gasteiger partial charge in [-0.3, -0.25) is 4.79 Å². The number of aliphatic imine (C=N–C) groups is 1. The summed E-state index contributed by atoms with van der Waals surface area (Å²) in [6.45, 7) is 13.5. The Morgan fingerprint density at radius 1 is 1.26 bits per heavy atom. The van der Waals surface area contributed by atoms with Gasteiger partial charge in [0.25, 0.3) is 5.91 Å². The molecule has 1 amide bonds. The number of benzene rings is 1. The summed E-state index contributed by atoms with van der Waals surface area (Å²) < 4.78 is 5.04. The zero-order chi connectivity index (χ0) is 20.1. The highest BCUT2D eigenvalue weighted by atomic mass is 16.5. The van der Waals surface area contributed by atoms with Crippen molar-refractivity contribution >= 4 is 34.7 Å². The second kappa shape index (κ2) is 8.79. The average molecular weight is 372 g/mol. The number of hydrazone groups is 1. The van der Waals surface area contributed by atoms with Crippen LogP contribution in [0.1, 0.15) is 40.2 Å². The van der Waals surface area contributed by atoms with Crippen LogP contribution in [0.2, 0.25) is 0 Å². The van der Waals surface area contributed by atoms with E-state index in [0.717, 1.165) is 24.3 Å². The Labute approximate surface area is 160 Å². The topological polar surface area (TPSA) is 74.6 Å². The molecule has 0 fully saturated rings. The third-order valence-electron chi connectivity index (χ3n) is 4.34. The molecule has 7 heteroatoms. The van der Waals surface area contributed by atoms with Gasteiger partial charge in [-0.2, -0.15) is 5.10 Å². The van der Waals surface area contributed by atoms with E-state index in [1.54, 1.807) is 6.92 Å². The lowest BCUT2D eigenvalue weighted by Crippen LogP contribution is -2.34. The Morgan fingerprint density at radius 2 is 1.93 bits per heavy atom. The summed E-state index contributed by atoms with van der Waals surface area (Å²) in [6.07, 6.45) is 0. The summed E-state index contributed by atoms with van der Waals surface area (Å²) in [5.74, 6) is -1.02. The number of carbonyl (C=O) groups is 2. The Kier molecular flexibility index (Phi) is 6.71. The molecule has 1 aliphatic heterocycles. The van der Waals surface area contributed by atoms with Crippen LogP contribution in [-0.2, 0) is 14.3 Å². The van der Waals surface area contributed by atoms with Gasteiger partial charge in [-0.05, 0) is 65.3 Å².